The van der Waals surface area contributed by atoms with Crippen LogP contribution < -0.4 is 5.32 Å². The largest absolute Gasteiger partial charge is 0.457 e. The van der Waals surface area contributed by atoms with Crippen molar-refractivity contribution in [3.05, 3.63) is 91.2 Å². The van der Waals surface area contributed by atoms with Crippen molar-refractivity contribution in [3.63, 3.8) is 0 Å². The normalized spacial score (nSPS) is 10.9. The standard InChI is InChI=1S/C20H11ClN4O6/c21-17-10-15(25(29)30)5-7-18(17)23-20(26)13(11-22)9-16-6-8-19(31-16)12-1-3-14(4-2-12)24(27)28/h1-10H,(H,23,26)/b13-9+. The minimum atomic E-state index is -0.786. The van der Waals surface area contributed by atoms with Gasteiger partial charge in [0.15, 0.2) is 0 Å². The molecule has 3 rings (SSSR count). The van der Waals surface area contributed by atoms with Gasteiger partial charge in [-0.15, -0.1) is 0 Å². The van der Waals surface area contributed by atoms with Crippen LogP contribution in [0.15, 0.2) is 64.6 Å². The summed E-state index contributed by atoms with van der Waals surface area (Å²) in [6.07, 6.45) is 1.21. The highest BCUT2D eigenvalue weighted by atomic mass is 35.5. The number of furan rings is 1. The Morgan fingerprint density at radius 2 is 1.68 bits per heavy atom. The molecule has 0 fully saturated rings. The average molecular weight is 439 g/mol. The number of nitro groups is 2. The maximum atomic E-state index is 12.4. The summed E-state index contributed by atoms with van der Waals surface area (Å²) in [4.78, 5) is 32.8. The third-order valence-electron chi connectivity index (χ3n) is 4.05. The van der Waals surface area contributed by atoms with Crippen LogP contribution in [0.2, 0.25) is 5.02 Å². The number of non-ortho nitro benzene ring substituents is 2. The second kappa shape index (κ2) is 8.89. The lowest BCUT2D eigenvalue weighted by atomic mass is 10.1. The average Bonchev–Trinajstić information content (AvgIpc) is 3.22. The van der Waals surface area contributed by atoms with Crippen LogP contribution in [0.1, 0.15) is 5.76 Å². The molecular formula is C20H11ClN4O6. The lowest BCUT2D eigenvalue weighted by Crippen LogP contribution is -2.13. The zero-order valence-electron chi connectivity index (χ0n) is 15.4. The van der Waals surface area contributed by atoms with Crippen molar-refractivity contribution >= 4 is 40.6 Å². The summed E-state index contributed by atoms with van der Waals surface area (Å²) < 4.78 is 5.59. The van der Waals surface area contributed by atoms with E-state index in [-0.39, 0.29) is 33.4 Å². The number of amides is 1. The van der Waals surface area contributed by atoms with Gasteiger partial charge >= 0.3 is 0 Å². The number of nitrogens with zero attached hydrogens (tertiary/aromatic N) is 3. The quantitative estimate of drug-likeness (QED) is 0.247. The fraction of sp³-hybridized carbons (Fsp3) is 0. The fourth-order valence-corrected chi connectivity index (χ4v) is 2.75. The SMILES string of the molecule is N#C/C(=C\c1ccc(-c2ccc([N+](=O)[O-])cc2)o1)C(=O)Nc1ccc([N+](=O)[O-])cc1Cl. The smallest absolute Gasteiger partial charge is 0.271 e. The number of benzene rings is 2. The number of hydrogen-bond acceptors (Lipinski definition) is 7. The Hall–Kier alpha value is -4.49. The predicted molar refractivity (Wildman–Crippen MR) is 111 cm³/mol. The van der Waals surface area contributed by atoms with E-state index in [4.69, 9.17) is 16.0 Å². The highest BCUT2D eigenvalue weighted by Crippen LogP contribution is 2.28. The zero-order valence-corrected chi connectivity index (χ0v) is 16.2. The molecule has 154 valence electrons. The van der Waals surface area contributed by atoms with E-state index in [2.05, 4.69) is 5.32 Å². The summed E-state index contributed by atoms with van der Waals surface area (Å²) >= 11 is 5.95. The van der Waals surface area contributed by atoms with Gasteiger partial charge in [-0.1, -0.05) is 11.6 Å². The van der Waals surface area contributed by atoms with E-state index >= 15 is 0 Å². The predicted octanol–water partition coefficient (Wildman–Crippen LogP) is 4.96. The monoisotopic (exact) mass is 438 g/mol. The number of nitrogens with one attached hydrogen (secondary N) is 1. The van der Waals surface area contributed by atoms with Gasteiger partial charge in [0.25, 0.3) is 17.3 Å². The molecule has 1 aromatic heterocycles. The molecule has 3 aromatic rings. The van der Waals surface area contributed by atoms with Crippen LogP contribution in [-0.2, 0) is 4.79 Å². The molecule has 0 aliphatic heterocycles. The number of rotatable bonds is 6. The minimum absolute atomic E-state index is 0.0571. The van der Waals surface area contributed by atoms with Crippen LogP contribution in [0.3, 0.4) is 0 Å². The molecule has 0 spiro atoms. The van der Waals surface area contributed by atoms with E-state index < -0.39 is 15.8 Å². The summed E-state index contributed by atoms with van der Waals surface area (Å²) in [6.45, 7) is 0. The molecule has 10 nitrogen and oxygen atoms in total. The maximum Gasteiger partial charge on any atom is 0.271 e. The Morgan fingerprint density at radius 3 is 2.26 bits per heavy atom. The summed E-state index contributed by atoms with van der Waals surface area (Å²) in [7, 11) is 0. The van der Waals surface area contributed by atoms with Gasteiger partial charge in [0, 0.05) is 35.9 Å². The van der Waals surface area contributed by atoms with Gasteiger partial charge in [-0.2, -0.15) is 5.26 Å². The van der Waals surface area contributed by atoms with E-state index in [1.807, 2.05) is 0 Å². The molecular weight excluding hydrogens is 428 g/mol. The van der Waals surface area contributed by atoms with Gasteiger partial charge in [-0.3, -0.25) is 25.0 Å². The van der Waals surface area contributed by atoms with Crippen molar-refractivity contribution in [2.45, 2.75) is 0 Å². The highest BCUT2D eigenvalue weighted by Gasteiger charge is 2.15. The van der Waals surface area contributed by atoms with Crippen molar-refractivity contribution in [1.82, 2.24) is 0 Å². The topological polar surface area (TPSA) is 152 Å². The lowest BCUT2D eigenvalue weighted by Gasteiger charge is -2.06. The van der Waals surface area contributed by atoms with Crippen molar-refractivity contribution in [2.24, 2.45) is 0 Å². The first-order valence-electron chi connectivity index (χ1n) is 8.50. The molecule has 1 heterocycles. The van der Waals surface area contributed by atoms with Gasteiger partial charge < -0.3 is 9.73 Å². The van der Waals surface area contributed by atoms with Crippen LogP contribution in [0.25, 0.3) is 17.4 Å². The molecule has 1 amide bonds. The van der Waals surface area contributed by atoms with Gasteiger partial charge in [-0.25, -0.2) is 0 Å². The number of nitriles is 1. The van der Waals surface area contributed by atoms with Crippen molar-refractivity contribution in [3.8, 4) is 17.4 Å². The molecule has 0 aliphatic rings. The molecule has 1 N–H and O–H groups in total. The number of halogens is 1. The van der Waals surface area contributed by atoms with Crippen LogP contribution in [0.5, 0.6) is 0 Å². The number of carbonyl (C=O) groups excluding carboxylic acids is 1. The summed E-state index contributed by atoms with van der Waals surface area (Å²) in [5.41, 5.74) is 0.0755. The first-order valence-corrected chi connectivity index (χ1v) is 8.88. The Morgan fingerprint density at radius 1 is 1.03 bits per heavy atom. The molecule has 2 aromatic carbocycles. The van der Waals surface area contributed by atoms with Gasteiger partial charge in [-0.05, 0) is 30.3 Å². The molecule has 0 bridgehead atoms. The molecule has 0 unspecified atom stereocenters. The molecule has 0 radical (unpaired) electrons. The van der Waals surface area contributed by atoms with Crippen molar-refractivity contribution in [1.29, 1.82) is 5.26 Å². The third kappa shape index (κ3) is 4.92. The number of nitro benzene ring substituents is 2. The van der Waals surface area contributed by atoms with Crippen molar-refractivity contribution < 1.29 is 19.1 Å². The summed E-state index contributed by atoms with van der Waals surface area (Å²) in [5, 5.41) is 33.2. The zero-order chi connectivity index (χ0) is 22.5. The fourth-order valence-electron chi connectivity index (χ4n) is 2.53. The molecule has 0 saturated heterocycles. The first kappa shape index (κ1) is 21.2. The van der Waals surface area contributed by atoms with Gasteiger partial charge in [0.2, 0.25) is 0 Å². The molecule has 31 heavy (non-hydrogen) atoms. The summed E-state index contributed by atoms with van der Waals surface area (Å²) in [5.74, 6) is -0.196. The van der Waals surface area contributed by atoms with Crippen LogP contribution in [0, 0.1) is 31.6 Å². The lowest BCUT2D eigenvalue weighted by molar-refractivity contribution is -0.385. The number of carbonyl (C=O) groups is 1. The van der Waals surface area contributed by atoms with Gasteiger partial charge in [0.1, 0.15) is 23.2 Å². The second-order valence-electron chi connectivity index (χ2n) is 6.05. The molecule has 0 atom stereocenters. The van der Waals surface area contributed by atoms with Crippen LogP contribution in [0.4, 0.5) is 17.1 Å². The van der Waals surface area contributed by atoms with E-state index in [1.54, 1.807) is 12.1 Å². The Labute approximate surface area is 179 Å². The maximum absolute atomic E-state index is 12.4. The van der Waals surface area contributed by atoms with Crippen LogP contribution >= 0.6 is 11.6 Å². The van der Waals surface area contributed by atoms with E-state index in [0.717, 1.165) is 6.07 Å². The van der Waals surface area contributed by atoms with E-state index in [0.29, 0.717) is 11.3 Å². The Bertz CT molecular complexity index is 1260. The molecule has 11 heteroatoms. The van der Waals surface area contributed by atoms with E-state index in [9.17, 15) is 30.3 Å². The molecule has 0 aliphatic carbocycles. The van der Waals surface area contributed by atoms with Crippen LogP contribution in [-0.4, -0.2) is 15.8 Å². The first-order chi connectivity index (χ1) is 14.8. The van der Waals surface area contributed by atoms with Crippen molar-refractivity contribution in [2.75, 3.05) is 5.32 Å². The van der Waals surface area contributed by atoms with E-state index in [1.165, 1.54) is 48.5 Å². The number of hydrogen-bond donors (Lipinski definition) is 1. The third-order valence-corrected chi connectivity index (χ3v) is 4.37. The summed E-state index contributed by atoms with van der Waals surface area (Å²) in [6, 6.07) is 14.1. The Balaban J connectivity index is 1.79. The molecule has 0 saturated carbocycles. The Kier molecular flexibility index (Phi) is 6.09. The second-order valence-corrected chi connectivity index (χ2v) is 6.46. The highest BCUT2D eigenvalue weighted by molar-refractivity contribution is 6.34. The number of anilines is 1. The minimum Gasteiger partial charge on any atom is -0.457 e. The van der Waals surface area contributed by atoms with Gasteiger partial charge in [0.05, 0.1) is 20.6 Å².